The van der Waals surface area contributed by atoms with Crippen LogP contribution in [0.15, 0.2) is 12.4 Å². The van der Waals surface area contributed by atoms with Gasteiger partial charge in [0.2, 0.25) is 0 Å². The third-order valence-corrected chi connectivity index (χ3v) is 4.61. The molecule has 0 spiro atoms. The second kappa shape index (κ2) is 6.72. The van der Waals surface area contributed by atoms with Gasteiger partial charge in [-0.3, -0.25) is 5.10 Å². The number of rotatable bonds is 6. The summed E-state index contributed by atoms with van der Waals surface area (Å²) < 4.78 is 11.7. The highest BCUT2D eigenvalue weighted by molar-refractivity contribution is 5.44. The molecule has 2 fully saturated rings. The van der Waals surface area contributed by atoms with Crippen LogP contribution in [-0.4, -0.2) is 44.4 Å². The van der Waals surface area contributed by atoms with Crippen LogP contribution in [0.2, 0.25) is 0 Å². The summed E-state index contributed by atoms with van der Waals surface area (Å²) in [6, 6.07) is 0. The Bertz CT molecular complexity index is 687. The van der Waals surface area contributed by atoms with E-state index in [9.17, 15) is 0 Å². The molecule has 8 nitrogen and oxygen atoms in total. The summed E-state index contributed by atoms with van der Waals surface area (Å²) in [5.74, 6) is 3.10. The summed E-state index contributed by atoms with van der Waals surface area (Å²) in [7, 11) is 0. The lowest BCUT2D eigenvalue weighted by molar-refractivity contribution is 0.0862. The van der Waals surface area contributed by atoms with Crippen molar-refractivity contribution in [3.63, 3.8) is 0 Å². The van der Waals surface area contributed by atoms with Gasteiger partial charge in [-0.25, -0.2) is 15.0 Å². The Kier molecular flexibility index (Phi) is 4.29. The van der Waals surface area contributed by atoms with E-state index in [2.05, 4.69) is 30.5 Å². The average Bonchev–Trinajstić information content (AvgIpc) is 3.18. The maximum atomic E-state index is 5.91. The highest BCUT2D eigenvalue weighted by Crippen LogP contribution is 2.33. The quantitative estimate of drug-likeness (QED) is 0.836. The number of H-pyrrole nitrogens is 1. The van der Waals surface area contributed by atoms with Gasteiger partial charge in [0.15, 0.2) is 11.6 Å². The Morgan fingerprint density at radius 2 is 2.17 bits per heavy atom. The van der Waals surface area contributed by atoms with E-state index in [4.69, 9.17) is 9.47 Å². The number of hydrogen-bond donors (Lipinski definition) is 2. The first kappa shape index (κ1) is 15.3. The minimum atomic E-state index is -0.0879. The molecule has 0 bridgehead atoms. The Morgan fingerprint density at radius 1 is 1.29 bits per heavy atom. The van der Waals surface area contributed by atoms with Gasteiger partial charge >= 0.3 is 0 Å². The summed E-state index contributed by atoms with van der Waals surface area (Å²) >= 11 is 0. The number of hydrogen-bond acceptors (Lipinski definition) is 7. The highest BCUT2D eigenvalue weighted by Gasteiger charge is 2.33. The molecule has 0 amide bonds. The second-order valence-electron chi connectivity index (χ2n) is 6.38. The molecule has 2 N–H and O–H groups in total. The lowest BCUT2D eigenvalue weighted by Gasteiger charge is -2.26. The molecule has 2 aromatic rings. The first-order chi connectivity index (χ1) is 11.8. The molecule has 2 atom stereocenters. The maximum absolute atomic E-state index is 5.91. The van der Waals surface area contributed by atoms with E-state index in [0.717, 1.165) is 44.1 Å². The van der Waals surface area contributed by atoms with Crippen molar-refractivity contribution < 1.29 is 9.47 Å². The molecule has 0 aromatic carbocycles. The highest BCUT2D eigenvalue weighted by atomic mass is 16.5. The Balaban J connectivity index is 1.41. The van der Waals surface area contributed by atoms with Crippen molar-refractivity contribution in [1.82, 2.24) is 25.1 Å². The minimum Gasteiger partial charge on any atom is -0.472 e. The number of aromatic amines is 1. The molecule has 2 aromatic heterocycles. The summed E-state index contributed by atoms with van der Waals surface area (Å²) in [4.78, 5) is 13.1. The maximum Gasteiger partial charge on any atom is 0.257 e. The van der Waals surface area contributed by atoms with Gasteiger partial charge in [0.1, 0.15) is 18.0 Å². The first-order valence-electron chi connectivity index (χ1n) is 8.51. The summed E-state index contributed by atoms with van der Waals surface area (Å²) in [5.41, 5.74) is 0. The van der Waals surface area contributed by atoms with Crippen LogP contribution in [0.5, 0.6) is 5.88 Å². The topological polar surface area (TPSA) is 97.8 Å². The summed E-state index contributed by atoms with van der Waals surface area (Å²) in [5, 5.41) is 10.5. The molecule has 2 aliphatic rings. The molecule has 1 aliphatic carbocycles. The Labute approximate surface area is 140 Å². The number of nitrogens with one attached hydrogen (secondary N) is 2. The van der Waals surface area contributed by atoms with Crippen LogP contribution in [-0.2, 0) is 4.74 Å². The lowest BCUT2D eigenvalue weighted by atomic mass is 9.96. The third kappa shape index (κ3) is 3.19. The van der Waals surface area contributed by atoms with Gasteiger partial charge in [-0.2, -0.15) is 5.10 Å². The van der Waals surface area contributed by atoms with Crippen LogP contribution in [0.1, 0.15) is 43.4 Å². The van der Waals surface area contributed by atoms with Crippen molar-refractivity contribution in [2.45, 2.75) is 44.8 Å². The second-order valence-corrected chi connectivity index (χ2v) is 6.38. The molecule has 8 heteroatoms. The van der Waals surface area contributed by atoms with Crippen LogP contribution >= 0.6 is 0 Å². The number of aromatic nitrogens is 5. The van der Waals surface area contributed by atoms with Crippen molar-refractivity contribution in [1.29, 1.82) is 0 Å². The van der Waals surface area contributed by atoms with Gasteiger partial charge in [0, 0.05) is 31.5 Å². The van der Waals surface area contributed by atoms with Crippen molar-refractivity contribution in [3.05, 3.63) is 24.0 Å². The predicted octanol–water partition coefficient (Wildman–Crippen LogP) is 2.02. The molecule has 1 aliphatic heterocycles. The van der Waals surface area contributed by atoms with Crippen LogP contribution in [0.4, 0.5) is 5.82 Å². The van der Waals surface area contributed by atoms with Crippen LogP contribution < -0.4 is 10.1 Å². The molecule has 24 heavy (non-hydrogen) atoms. The standard InChI is InChI=1S/C16H22N6O2/c1-10-20-14(22-21-10)13-11(5-8-23-13)9-19-15-16(18-7-6-17-15)24-12-3-2-4-12/h6-7,11-13H,2-5,8-9H2,1H3,(H,17,19)(H,20,21,22)/t11-,13-/m0/s1. The first-order valence-corrected chi connectivity index (χ1v) is 8.51. The molecular weight excluding hydrogens is 308 g/mol. The van der Waals surface area contributed by atoms with E-state index in [1.54, 1.807) is 12.4 Å². The number of anilines is 1. The third-order valence-electron chi connectivity index (χ3n) is 4.61. The molecule has 0 unspecified atom stereocenters. The van der Waals surface area contributed by atoms with Crippen LogP contribution in [0.25, 0.3) is 0 Å². The van der Waals surface area contributed by atoms with Gasteiger partial charge in [0.25, 0.3) is 5.88 Å². The van der Waals surface area contributed by atoms with Crippen molar-refractivity contribution >= 4 is 5.82 Å². The van der Waals surface area contributed by atoms with E-state index in [0.29, 0.717) is 17.6 Å². The monoisotopic (exact) mass is 330 g/mol. The molecule has 128 valence electrons. The normalized spacial score (nSPS) is 23.9. The van der Waals surface area contributed by atoms with Gasteiger partial charge < -0.3 is 14.8 Å². The smallest absolute Gasteiger partial charge is 0.257 e. The Morgan fingerprint density at radius 3 is 2.92 bits per heavy atom. The summed E-state index contributed by atoms with van der Waals surface area (Å²) in [6.45, 7) is 3.33. The van der Waals surface area contributed by atoms with E-state index in [1.807, 2.05) is 6.92 Å². The zero-order chi connectivity index (χ0) is 16.4. The molecule has 1 saturated carbocycles. The Hall–Kier alpha value is -2.22. The fraction of sp³-hybridized carbons (Fsp3) is 0.625. The van der Waals surface area contributed by atoms with Crippen LogP contribution in [0.3, 0.4) is 0 Å². The van der Waals surface area contributed by atoms with Gasteiger partial charge in [0.05, 0.1) is 0 Å². The van der Waals surface area contributed by atoms with Gasteiger partial charge in [-0.1, -0.05) is 0 Å². The minimum absolute atomic E-state index is 0.0879. The molecule has 3 heterocycles. The zero-order valence-electron chi connectivity index (χ0n) is 13.7. The van der Waals surface area contributed by atoms with E-state index in [1.165, 1.54) is 6.42 Å². The van der Waals surface area contributed by atoms with E-state index < -0.39 is 0 Å². The van der Waals surface area contributed by atoms with Crippen molar-refractivity contribution in [2.75, 3.05) is 18.5 Å². The SMILES string of the molecule is Cc1nc([C@H]2OCC[C@H]2CNc2nccnc2OC2CCC2)n[nH]1. The van der Waals surface area contributed by atoms with E-state index in [-0.39, 0.29) is 12.2 Å². The van der Waals surface area contributed by atoms with E-state index >= 15 is 0 Å². The fourth-order valence-electron chi connectivity index (χ4n) is 3.02. The lowest BCUT2D eigenvalue weighted by Crippen LogP contribution is -2.26. The molecule has 0 radical (unpaired) electrons. The fourth-order valence-corrected chi connectivity index (χ4v) is 3.02. The summed E-state index contributed by atoms with van der Waals surface area (Å²) in [6.07, 6.45) is 7.91. The number of ether oxygens (including phenoxy) is 2. The zero-order valence-corrected chi connectivity index (χ0v) is 13.7. The van der Waals surface area contributed by atoms with Gasteiger partial charge in [-0.15, -0.1) is 0 Å². The number of nitrogens with zero attached hydrogens (tertiary/aromatic N) is 4. The van der Waals surface area contributed by atoms with Crippen molar-refractivity contribution in [3.8, 4) is 5.88 Å². The van der Waals surface area contributed by atoms with Crippen molar-refractivity contribution in [2.24, 2.45) is 5.92 Å². The van der Waals surface area contributed by atoms with Crippen LogP contribution in [0, 0.1) is 12.8 Å². The van der Waals surface area contributed by atoms with Gasteiger partial charge in [-0.05, 0) is 32.6 Å². The molecular formula is C16H22N6O2. The molecule has 4 rings (SSSR count). The largest absolute Gasteiger partial charge is 0.472 e. The number of aryl methyl sites for hydroxylation is 1. The average molecular weight is 330 g/mol. The predicted molar refractivity (Wildman–Crippen MR) is 86.7 cm³/mol. The molecule has 1 saturated heterocycles.